The van der Waals surface area contributed by atoms with Crippen LogP contribution in [0.1, 0.15) is 18.4 Å². The Morgan fingerprint density at radius 3 is 2.60 bits per heavy atom. The molecule has 1 aromatic heterocycles. The van der Waals surface area contributed by atoms with Crippen LogP contribution in [-0.4, -0.2) is 43.4 Å². The molecule has 0 saturated carbocycles. The second kappa shape index (κ2) is 6.60. The van der Waals surface area contributed by atoms with E-state index in [2.05, 4.69) is 9.88 Å². The molecule has 0 unspecified atom stereocenters. The molecule has 1 aliphatic heterocycles. The molecule has 7 heteroatoms. The van der Waals surface area contributed by atoms with E-state index >= 15 is 0 Å². The Hall–Kier alpha value is -0.360. The molecule has 0 aliphatic carbocycles. The molecular weight excluding hydrogens is 319 g/mol. The van der Waals surface area contributed by atoms with Gasteiger partial charge in [0.1, 0.15) is 9.84 Å². The summed E-state index contributed by atoms with van der Waals surface area (Å²) < 4.78 is 22.8. The number of halogens is 2. The van der Waals surface area contributed by atoms with Gasteiger partial charge in [-0.1, -0.05) is 23.2 Å². The molecule has 2 rings (SSSR count). The standard InChI is InChI=1S/C13H18Cl2N2O2S/c1-20(18,19)9-10-3-2-4-17(7-10)8-11-12(14)5-16-6-13(11)15/h5-6,10H,2-4,7-9H2,1H3/t10-/m0/s1. The van der Waals surface area contributed by atoms with Crippen LogP contribution in [0.15, 0.2) is 12.4 Å². The minimum atomic E-state index is -2.93. The zero-order valence-corrected chi connectivity index (χ0v) is 13.7. The van der Waals surface area contributed by atoms with Gasteiger partial charge in [0.15, 0.2) is 0 Å². The number of sulfone groups is 1. The normalized spacial score (nSPS) is 21.1. The third-order valence-corrected chi connectivity index (χ3v) is 5.20. The third kappa shape index (κ3) is 4.58. The maximum Gasteiger partial charge on any atom is 0.147 e. The highest BCUT2D eigenvalue weighted by Crippen LogP contribution is 2.27. The quantitative estimate of drug-likeness (QED) is 0.848. The Morgan fingerprint density at radius 1 is 1.35 bits per heavy atom. The average Bonchev–Trinajstić information content (AvgIpc) is 2.32. The average molecular weight is 337 g/mol. The lowest BCUT2D eigenvalue weighted by Crippen LogP contribution is -2.37. The van der Waals surface area contributed by atoms with Gasteiger partial charge in [0.2, 0.25) is 0 Å². The molecule has 4 nitrogen and oxygen atoms in total. The molecule has 20 heavy (non-hydrogen) atoms. The summed E-state index contributed by atoms with van der Waals surface area (Å²) in [6.07, 6.45) is 6.42. The monoisotopic (exact) mass is 336 g/mol. The van der Waals surface area contributed by atoms with Crippen molar-refractivity contribution in [3.63, 3.8) is 0 Å². The Balaban J connectivity index is 2.03. The summed E-state index contributed by atoms with van der Waals surface area (Å²) in [5.41, 5.74) is 0.864. The van der Waals surface area contributed by atoms with Crippen LogP contribution in [-0.2, 0) is 16.4 Å². The maximum absolute atomic E-state index is 11.4. The molecule has 1 aliphatic rings. The van der Waals surface area contributed by atoms with Crippen molar-refractivity contribution >= 4 is 33.0 Å². The minimum absolute atomic E-state index is 0.193. The highest BCUT2D eigenvalue weighted by atomic mass is 35.5. The molecule has 112 valence electrons. The van der Waals surface area contributed by atoms with Crippen LogP contribution in [0.3, 0.4) is 0 Å². The van der Waals surface area contributed by atoms with Crippen molar-refractivity contribution in [3.05, 3.63) is 28.0 Å². The van der Waals surface area contributed by atoms with Crippen molar-refractivity contribution in [2.45, 2.75) is 19.4 Å². The first-order valence-electron chi connectivity index (χ1n) is 6.53. The van der Waals surface area contributed by atoms with Gasteiger partial charge < -0.3 is 0 Å². The molecular formula is C13H18Cl2N2O2S. The number of hydrogen-bond acceptors (Lipinski definition) is 4. The Kier molecular flexibility index (Phi) is 5.29. The fraction of sp³-hybridized carbons (Fsp3) is 0.615. The van der Waals surface area contributed by atoms with Gasteiger partial charge in [-0.2, -0.15) is 0 Å². The highest BCUT2D eigenvalue weighted by Gasteiger charge is 2.24. The molecule has 1 saturated heterocycles. The summed E-state index contributed by atoms with van der Waals surface area (Å²) in [4.78, 5) is 6.15. The van der Waals surface area contributed by atoms with Crippen LogP contribution in [0, 0.1) is 5.92 Å². The Morgan fingerprint density at radius 2 is 2.00 bits per heavy atom. The van der Waals surface area contributed by atoms with E-state index in [0.29, 0.717) is 16.6 Å². The van der Waals surface area contributed by atoms with Gasteiger partial charge >= 0.3 is 0 Å². The number of piperidine rings is 1. The van der Waals surface area contributed by atoms with E-state index in [1.165, 1.54) is 6.26 Å². The molecule has 1 fully saturated rings. The maximum atomic E-state index is 11.4. The zero-order valence-electron chi connectivity index (χ0n) is 11.3. The number of likely N-dealkylation sites (tertiary alicyclic amines) is 1. The topological polar surface area (TPSA) is 50.3 Å². The predicted molar refractivity (Wildman–Crippen MR) is 82.0 cm³/mol. The van der Waals surface area contributed by atoms with E-state index in [-0.39, 0.29) is 11.7 Å². The van der Waals surface area contributed by atoms with Crippen molar-refractivity contribution < 1.29 is 8.42 Å². The van der Waals surface area contributed by atoms with Crippen LogP contribution in [0.5, 0.6) is 0 Å². The Bertz CT molecular complexity index is 557. The number of hydrogen-bond donors (Lipinski definition) is 0. The summed E-state index contributed by atoms with van der Waals surface area (Å²) in [6, 6.07) is 0. The first-order valence-corrected chi connectivity index (χ1v) is 9.35. The summed E-state index contributed by atoms with van der Waals surface area (Å²) in [6.45, 7) is 2.34. The van der Waals surface area contributed by atoms with Crippen LogP contribution in [0.4, 0.5) is 0 Å². The van der Waals surface area contributed by atoms with Gasteiger partial charge in [-0.15, -0.1) is 0 Å². The zero-order chi connectivity index (χ0) is 14.8. The van der Waals surface area contributed by atoms with E-state index < -0.39 is 9.84 Å². The Labute approximate surface area is 130 Å². The number of aromatic nitrogens is 1. The summed E-state index contributed by atoms with van der Waals surface area (Å²) in [7, 11) is -2.93. The second-order valence-corrected chi connectivity index (χ2v) is 8.42. The van der Waals surface area contributed by atoms with Crippen LogP contribution in [0.25, 0.3) is 0 Å². The minimum Gasteiger partial charge on any atom is -0.299 e. The summed E-state index contributed by atoms with van der Waals surface area (Å²) in [5.74, 6) is 0.444. The molecule has 0 radical (unpaired) electrons. The van der Waals surface area contributed by atoms with Crippen molar-refractivity contribution in [2.75, 3.05) is 25.1 Å². The van der Waals surface area contributed by atoms with Gasteiger partial charge in [0.25, 0.3) is 0 Å². The fourth-order valence-corrected chi connectivity index (χ4v) is 4.28. The van der Waals surface area contributed by atoms with E-state index in [0.717, 1.165) is 31.5 Å². The first kappa shape index (κ1) is 16.0. The van der Waals surface area contributed by atoms with Crippen molar-refractivity contribution in [2.24, 2.45) is 5.92 Å². The van der Waals surface area contributed by atoms with Gasteiger partial charge in [-0.3, -0.25) is 9.88 Å². The highest BCUT2D eigenvalue weighted by molar-refractivity contribution is 7.90. The van der Waals surface area contributed by atoms with Gasteiger partial charge in [0, 0.05) is 37.3 Å². The second-order valence-electron chi connectivity index (χ2n) is 5.42. The molecule has 1 atom stereocenters. The van der Waals surface area contributed by atoms with Gasteiger partial charge in [-0.05, 0) is 25.3 Å². The molecule has 2 heterocycles. The smallest absolute Gasteiger partial charge is 0.147 e. The molecule has 0 aromatic carbocycles. The first-order chi connectivity index (χ1) is 9.35. The van der Waals surface area contributed by atoms with Gasteiger partial charge in [0.05, 0.1) is 15.8 Å². The summed E-state index contributed by atoms with van der Waals surface area (Å²) >= 11 is 12.2. The van der Waals surface area contributed by atoms with Crippen LogP contribution >= 0.6 is 23.2 Å². The molecule has 0 N–H and O–H groups in total. The van der Waals surface area contributed by atoms with Crippen molar-refractivity contribution in [1.29, 1.82) is 0 Å². The van der Waals surface area contributed by atoms with Crippen molar-refractivity contribution in [3.8, 4) is 0 Å². The molecule has 1 aromatic rings. The molecule has 0 bridgehead atoms. The lowest BCUT2D eigenvalue weighted by Gasteiger charge is -2.32. The van der Waals surface area contributed by atoms with E-state index in [1.807, 2.05) is 0 Å². The molecule has 0 spiro atoms. The largest absolute Gasteiger partial charge is 0.299 e. The number of rotatable bonds is 4. The predicted octanol–water partition coefficient (Wildman–Crippen LogP) is 2.65. The van der Waals surface area contributed by atoms with Crippen LogP contribution in [0.2, 0.25) is 10.0 Å². The number of nitrogens with zero attached hydrogens (tertiary/aromatic N) is 2. The molecule has 0 amide bonds. The van der Waals surface area contributed by atoms with E-state index in [9.17, 15) is 8.42 Å². The fourth-order valence-electron chi connectivity index (χ4n) is 2.67. The van der Waals surface area contributed by atoms with E-state index in [1.54, 1.807) is 12.4 Å². The summed E-state index contributed by atoms with van der Waals surface area (Å²) in [5, 5.41) is 1.12. The number of pyridine rings is 1. The van der Waals surface area contributed by atoms with E-state index in [4.69, 9.17) is 23.2 Å². The third-order valence-electron chi connectivity index (χ3n) is 3.48. The lowest BCUT2D eigenvalue weighted by molar-refractivity contribution is 0.178. The van der Waals surface area contributed by atoms with Crippen molar-refractivity contribution in [1.82, 2.24) is 9.88 Å². The van der Waals surface area contributed by atoms with Gasteiger partial charge in [-0.25, -0.2) is 8.42 Å². The lowest BCUT2D eigenvalue weighted by atomic mass is 9.99. The SMILES string of the molecule is CS(=O)(=O)C[C@H]1CCCN(Cc2c(Cl)cncc2Cl)C1. The van der Waals surface area contributed by atoms with Crippen LogP contribution < -0.4 is 0 Å².